The lowest BCUT2D eigenvalue weighted by Crippen LogP contribution is -2.27. The summed E-state index contributed by atoms with van der Waals surface area (Å²) >= 11 is 0. The molecule has 0 saturated heterocycles. The van der Waals surface area contributed by atoms with Gasteiger partial charge in [0.2, 0.25) is 15.9 Å². The van der Waals surface area contributed by atoms with Crippen LogP contribution in [0.25, 0.3) is 0 Å². The number of hydrogen-bond acceptors (Lipinski definition) is 4. The molecule has 0 aliphatic carbocycles. The van der Waals surface area contributed by atoms with Gasteiger partial charge in [0.05, 0.1) is 25.0 Å². The molecule has 0 aromatic heterocycles. The highest BCUT2D eigenvalue weighted by Crippen LogP contribution is 2.32. The summed E-state index contributed by atoms with van der Waals surface area (Å²) in [6, 6.07) is 12.8. The standard InChI is InChI=1S/C19H22N2O4S/c1-3-25-17-7-4-14(5-8-17)12-19(22)20-16-6-9-18-15(13-16)10-11-21(18)26(2,23)24/h4-9,13H,3,10-12H2,1-2H3,(H,20,22). The van der Waals surface area contributed by atoms with Crippen LogP contribution >= 0.6 is 0 Å². The topological polar surface area (TPSA) is 75.7 Å². The monoisotopic (exact) mass is 374 g/mol. The van der Waals surface area contributed by atoms with Gasteiger partial charge in [-0.25, -0.2) is 8.42 Å². The molecule has 1 N–H and O–H groups in total. The Labute approximate surface area is 153 Å². The number of nitrogens with one attached hydrogen (secondary N) is 1. The zero-order valence-corrected chi connectivity index (χ0v) is 15.7. The fraction of sp³-hybridized carbons (Fsp3) is 0.316. The number of ether oxygens (including phenoxy) is 1. The lowest BCUT2D eigenvalue weighted by molar-refractivity contribution is -0.115. The van der Waals surface area contributed by atoms with E-state index in [4.69, 9.17) is 4.74 Å². The van der Waals surface area contributed by atoms with E-state index in [1.54, 1.807) is 12.1 Å². The summed E-state index contributed by atoms with van der Waals surface area (Å²) < 4.78 is 30.3. The number of hydrogen-bond donors (Lipinski definition) is 1. The van der Waals surface area contributed by atoms with Crippen molar-refractivity contribution in [3.63, 3.8) is 0 Å². The van der Waals surface area contributed by atoms with E-state index in [1.807, 2.05) is 37.3 Å². The molecule has 2 aromatic carbocycles. The summed E-state index contributed by atoms with van der Waals surface area (Å²) in [6.07, 6.45) is 2.11. The molecule has 0 spiro atoms. The van der Waals surface area contributed by atoms with Crippen LogP contribution in [0.15, 0.2) is 42.5 Å². The van der Waals surface area contributed by atoms with Crippen LogP contribution in [0.2, 0.25) is 0 Å². The third-order valence-electron chi connectivity index (χ3n) is 4.22. The van der Waals surface area contributed by atoms with Gasteiger partial charge in [0.15, 0.2) is 0 Å². The summed E-state index contributed by atoms with van der Waals surface area (Å²) in [7, 11) is -3.26. The highest BCUT2D eigenvalue weighted by Gasteiger charge is 2.26. The van der Waals surface area contributed by atoms with Crippen LogP contribution < -0.4 is 14.4 Å². The molecular weight excluding hydrogens is 352 g/mol. The van der Waals surface area contributed by atoms with E-state index in [-0.39, 0.29) is 12.3 Å². The number of nitrogens with zero attached hydrogens (tertiary/aromatic N) is 1. The lowest BCUT2D eigenvalue weighted by Gasteiger charge is -2.16. The summed E-state index contributed by atoms with van der Waals surface area (Å²) in [5.41, 5.74) is 3.19. The first kappa shape index (κ1) is 18.3. The molecule has 2 aromatic rings. The van der Waals surface area contributed by atoms with Gasteiger partial charge in [-0.1, -0.05) is 12.1 Å². The Morgan fingerprint density at radius 1 is 1.19 bits per heavy atom. The number of benzene rings is 2. The molecule has 6 nitrogen and oxygen atoms in total. The van der Waals surface area contributed by atoms with Crippen molar-refractivity contribution < 1.29 is 17.9 Å². The fourth-order valence-corrected chi connectivity index (χ4v) is 4.01. The lowest BCUT2D eigenvalue weighted by atomic mass is 10.1. The first-order valence-electron chi connectivity index (χ1n) is 8.49. The third kappa shape index (κ3) is 4.16. The maximum Gasteiger partial charge on any atom is 0.232 e. The maximum atomic E-state index is 12.3. The summed E-state index contributed by atoms with van der Waals surface area (Å²) in [5.74, 6) is 0.665. The molecule has 138 valence electrons. The van der Waals surface area contributed by atoms with Gasteiger partial charge >= 0.3 is 0 Å². The maximum absolute atomic E-state index is 12.3. The van der Waals surface area contributed by atoms with Crippen LogP contribution in [0.3, 0.4) is 0 Å². The smallest absolute Gasteiger partial charge is 0.232 e. The third-order valence-corrected chi connectivity index (χ3v) is 5.40. The average molecular weight is 374 g/mol. The molecule has 26 heavy (non-hydrogen) atoms. The van der Waals surface area contributed by atoms with Crippen molar-refractivity contribution in [2.24, 2.45) is 0 Å². The van der Waals surface area contributed by atoms with Crippen molar-refractivity contribution in [3.8, 4) is 5.75 Å². The second-order valence-electron chi connectivity index (χ2n) is 6.23. The molecule has 7 heteroatoms. The van der Waals surface area contributed by atoms with E-state index in [1.165, 1.54) is 10.6 Å². The number of amides is 1. The van der Waals surface area contributed by atoms with E-state index >= 15 is 0 Å². The van der Waals surface area contributed by atoms with Crippen LogP contribution in [0.1, 0.15) is 18.1 Å². The predicted octanol–water partition coefficient (Wildman–Crippen LogP) is 2.59. The van der Waals surface area contributed by atoms with E-state index in [0.717, 1.165) is 16.9 Å². The van der Waals surface area contributed by atoms with E-state index in [2.05, 4.69) is 5.32 Å². The van der Waals surface area contributed by atoms with Crippen molar-refractivity contribution in [2.75, 3.05) is 29.0 Å². The minimum absolute atomic E-state index is 0.118. The van der Waals surface area contributed by atoms with Gasteiger partial charge in [0.1, 0.15) is 5.75 Å². The van der Waals surface area contributed by atoms with Crippen molar-refractivity contribution >= 4 is 27.3 Å². The SMILES string of the molecule is CCOc1ccc(CC(=O)Nc2ccc3c(c2)CCN3S(C)(=O)=O)cc1. The Bertz CT molecular complexity index is 908. The molecule has 3 rings (SSSR count). The molecule has 0 unspecified atom stereocenters. The van der Waals surface area contributed by atoms with Crippen LogP contribution in [-0.4, -0.2) is 33.7 Å². The van der Waals surface area contributed by atoms with E-state index in [0.29, 0.717) is 30.9 Å². The van der Waals surface area contributed by atoms with Gasteiger partial charge in [-0.3, -0.25) is 9.10 Å². The Hall–Kier alpha value is -2.54. The van der Waals surface area contributed by atoms with Gasteiger partial charge in [0, 0.05) is 12.2 Å². The number of fused-ring (bicyclic) bond motifs is 1. The van der Waals surface area contributed by atoms with Crippen molar-refractivity contribution in [1.82, 2.24) is 0 Å². The number of sulfonamides is 1. The fourth-order valence-electron chi connectivity index (χ4n) is 3.05. The van der Waals surface area contributed by atoms with Crippen molar-refractivity contribution in [1.29, 1.82) is 0 Å². The normalized spacial score (nSPS) is 13.4. The molecule has 1 aliphatic heterocycles. The first-order chi connectivity index (χ1) is 12.4. The molecule has 0 fully saturated rings. The Morgan fingerprint density at radius 3 is 2.58 bits per heavy atom. The number of anilines is 2. The molecular formula is C19H22N2O4S. The molecule has 0 radical (unpaired) electrons. The zero-order valence-electron chi connectivity index (χ0n) is 14.9. The molecule has 1 amide bonds. The van der Waals surface area contributed by atoms with E-state index in [9.17, 15) is 13.2 Å². The Kier molecular flexibility index (Phi) is 5.18. The van der Waals surface area contributed by atoms with Crippen molar-refractivity contribution in [3.05, 3.63) is 53.6 Å². The van der Waals surface area contributed by atoms with E-state index < -0.39 is 10.0 Å². The quantitative estimate of drug-likeness (QED) is 0.843. The van der Waals surface area contributed by atoms with Crippen LogP contribution in [0.4, 0.5) is 11.4 Å². The van der Waals surface area contributed by atoms with Crippen molar-refractivity contribution in [2.45, 2.75) is 19.8 Å². The molecule has 0 saturated carbocycles. The molecule has 0 bridgehead atoms. The summed E-state index contributed by atoms with van der Waals surface area (Å²) in [4.78, 5) is 12.3. The Morgan fingerprint density at radius 2 is 1.92 bits per heavy atom. The minimum Gasteiger partial charge on any atom is -0.494 e. The van der Waals surface area contributed by atoms with Crippen LogP contribution in [-0.2, 0) is 27.7 Å². The van der Waals surface area contributed by atoms with Gasteiger partial charge in [-0.2, -0.15) is 0 Å². The predicted molar refractivity (Wildman–Crippen MR) is 102 cm³/mol. The molecule has 1 aliphatic rings. The Balaban J connectivity index is 1.65. The number of carbonyl (C=O) groups is 1. The average Bonchev–Trinajstić information content (AvgIpc) is 3.00. The first-order valence-corrected chi connectivity index (χ1v) is 10.3. The van der Waals surface area contributed by atoms with Gasteiger partial charge in [-0.15, -0.1) is 0 Å². The minimum atomic E-state index is -3.26. The molecule has 1 heterocycles. The van der Waals surface area contributed by atoms with Gasteiger partial charge < -0.3 is 10.1 Å². The number of carbonyl (C=O) groups excluding carboxylic acids is 1. The number of rotatable bonds is 6. The van der Waals surface area contributed by atoms with Gasteiger partial charge in [0.25, 0.3) is 0 Å². The molecule has 0 atom stereocenters. The summed E-state index contributed by atoms with van der Waals surface area (Å²) in [6.45, 7) is 2.97. The van der Waals surface area contributed by atoms with Crippen LogP contribution in [0, 0.1) is 0 Å². The summed E-state index contributed by atoms with van der Waals surface area (Å²) in [5, 5.41) is 2.88. The zero-order chi connectivity index (χ0) is 18.7. The largest absolute Gasteiger partial charge is 0.494 e. The van der Waals surface area contributed by atoms with Crippen LogP contribution in [0.5, 0.6) is 5.75 Å². The highest BCUT2D eigenvalue weighted by molar-refractivity contribution is 7.92. The van der Waals surface area contributed by atoms with Gasteiger partial charge in [-0.05, 0) is 54.8 Å². The highest BCUT2D eigenvalue weighted by atomic mass is 32.2. The second-order valence-corrected chi connectivity index (χ2v) is 8.14. The second kappa shape index (κ2) is 7.37.